The number of carbonyl (C=O) groups excluding carboxylic acids is 1. The van der Waals surface area contributed by atoms with Crippen molar-refractivity contribution in [2.75, 3.05) is 7.11 Å². The van der Waals surface area contributed by atoms with Crippen molar-refractivity contribution in [3.05, 3.63) is 41.9 Å². The fraction of sp³-hybridized carbons (Fsp3) is 0.286. The molecule has 0 fully saturated rings. The van der Waals surface area contributed by atoms with E-state index < -0.39 is 0 Å². The molecule has 1 aromatic carbocycles. The van der Waals surface area contributed by atoms with Gasteiger partial charge in [-0.15, -0.1) is 0 Å². The molecule has 18 heavy (non-hydrogen) atoms. The maximum atomic E-state index is 11.0. The Bertz CT molecular complexity index is 529. The Labute approximate surface area is 106 Å². The van der Waals surface area contributed by atoms with Crippen LogP contribution in [0.3, 0.4) is 0 Å². The molecule has 4 nitrogen and oxygen atoms in total. The van der Waals surface area contributed by atoms with E-state index in [9.17, 15) is 4.79 Å². The third-order valence-electron chi connectivity index (χ3n) is 2.78. The molecule has 0 amide bonds. The summed E-state index contributed by atoms with van der Waals surface area (Å²) in [6.07, 6.45) is 2.70. The fourth-order valence-electron chi connectivity index (χ4n) is 1.69. The summed E-state index contributed by atoms with van der Waals surface area (Å²) in [5, 5.41) is 0. The van der Waals surface area contributed by atoms with Crippen LogP contribution in [-0.2, 0) is 16.0 Å². The molecule has 4 heteroatoms. The molecule has 0 atom stereocenters. The first kappa shape index (κ1) is 12.4. The molecule has 0 unspecified atom stereocenters. The molecule has 1 N–H and O–H groups in total. The quantitative estimate of drug-likeness (QED) is 0.841. The Morgan fingerprint density at radius 1 is 1.33 bits per heavy atom. The van der Waals surface area contributed by atoms with Gasteiger partial charge in [0.1, 0.15) is 5.82 Å². The van der Waals surface area contributed by atoms with Crippen molar-refractivity contribution in [3.63, 3.8) is 0 Å². The molecule has 0 spiro atoms. The highest BCUT2D eigenvalue weighted by atomic mass is 16.5. The third kappa shape index (κ3) is 2.97. The first-order valence-corrected chi connectivity index (χ1v) is 5.87. The van der Waals surface area contributed by atoms with E-state index in [1.54, 1.807) is 6.20 Å². The molecule has 0 bridgehead atoms. The number of ether oxygens (including phenoxy) is 1. The van der Waals surface area contributed by atoms with Gasteiger partial charge in [-0.3, -0.25) is 4.79 Å². The van der Waals surface area contributed by atoms with Gasteiger partial charge in [-0.2, -0.15) is 0 Å². The van der Waals surface area contributed by atoms with Crippen molar-refractivity contribution in [3.8, 4) is 11.3 Å². The maximum absolute atomic E-state index is 11.0. The van der Waals surface area contributed by atoms with E-state index in [0.29, 0.717) is 12.8 Å². The average molecular weight is 244 g/mol. The van der Waals surface area contributed by atoms with E-state index in [0.717, 1.165) is 17.1 Å². The van der Waals surface area contributed by atoms with Gasteiger partial charge in [-0.05, 0) is 12.5 Å². The van der Waals surface area contributed by atoms with Crippen molar-refractivity contribution >= 4 is 5.97 Å². The molecule has 2 aromatic rings. The van der Waals surface area contributed by atoms with Crippen LogP contribution in [0.1, 0.15) is 17.8 Å². The number of H-pyrrole nitrogens is 1. The summed E-state index contributed by atoms with van der Waals surface area (Å²) in [5.74, 6) is 0.583. The SMILES string of the molecule is COC(=O)CCc1ncc(-c2ccc(C)cc2)[nH]1. The number of hydrogen-bond donors (Lipinski definition) is 1. The molecule has 1 aromatic heterocycles. The third-order valence-corrected chi connectivity index (χ3v) is 2.78. The number of aryl methyl sites for hydroxylation is 2. The van der Waals surface area contributed by atoms with Gasteiger partial charge in [0.15, 0.2) is 0 Å². The van der Waals surface area contributed by atoms with Gasteiger partial charge in [0.05, 0.1) is 25.4 Å². The summed E-state index contributed by atoms with van der Waals surface area (Å²) in [6, 6.07) is 8.22. The minimum atomic E-state index is -0.219. The lowest BCUT2D eigenvalue weighted by molar-refractivity contribution is -0.140. The lowest BCUT2D eigenvalue weighted by Gasteiger charge is -1.99. The lowest BCUT2D eigenvalue weighted by atomic mass is 10.1. The van der Waals surface area contributed by atoms with Crippen LogP contribution in [0.5, 0.6) is 0 Å². The monoisotopic (exact) mass is 244 g/mol. The standard InChI is InChI=1S/C14H16N2O2/c1-10-3-5-11(6-4-10)12-9-15-13(16-12)7-8-14(17)18-2/h3-6,9H,7-8H2,1-2H3,(H,15,16). The van der Waals surface area contributed by atoms with Gasteiger partial charge < -0.3 is 9.72 Å². The molecule has 94 valence electrons. The van der Waals surface area contributed by atoms with Crippen molar-refractivity contribution in [2.24, 2.45) is 0 Å². The number of aromatic nitrogens is 2. The van der Waals surface area contributed by atoms with Crippen molar-refractivity contribution in [2.45, 2.75) is 19.8 Å². The topological polar surface area (TPSA) is 55.0 Å². The molecule has 2 rings (SSSR count). The van der Waals surface area contributed by atoms with E-state index in [2.05, 4.69) is 33.8 Å². The number of nitrogens with zero attached hydrogens (tertiary/aromatic N) is 1. The predicted molar refractivity (Wildman–Crippen MR) is 69.1 cm³/mol. The number of aromatic amines is 1. The number of hydrogen-bond acceptors (Lipinski definition) is 3. The van der Waals surface area contributed by atoms with Gasteiger partial charge in [-0.1, -0.05) is 29.8 Å². The van der Waals surface area contributed by atoms with Crippen molar-refractivity contribution in [1.29, 1.82) is 0 Å². The highest BCUT2D eigenvalue weighted by Gasteiger charge is 2.06. The largest absolute Gasteiger partial charge is 0.469 e. The second-order valence-electron chi connectivity index (χ2n) is 4.19. The summed E-state index contributed by atoms with van der Waals surface area (Å²) in [6.45, 7) is 2.05. The number of benzene rings is 1. The lowest BCUT2D eigenvalue weighted by Crippen LogP contribution is -2.02. The zero-order valence-electron chi connectivity index (χ0n) is 10.6. The normalized spacial score (nSPS) is 10.3. The fourth-order valence-corrected chi connectivity index (χ4v) is 1.69. The van der Waals surface area contributed by atoms with Crippen LogP contribution in [0.4, 0.5) is 0 Å². The second-order valence-corrected chi connectivity index (χ2v) is 4.19. The molecule has 0 aliphatic rings. The Hall–Kier alpha value is -2.10. The molecule has 0 radical (unpaired) electrons. The molecular formula is C14H16N2O2. The Kier molecular flexibility index (Phi) is 3.77. The predicted octanol–water partition coefficient (Wildman–Crippen LogP) is 2.49. The molecule has 1 heterocycles. The number of rotatable bonds is 4. The summed E-state index contributed by atoms with van der Waals surface area (Å²) in [7, 11) is 1.39. The summed E-state index contributed by atoms with van der Waals surface area (Å²) < 4.78 is 4.60. The number of nitrogens with one attached hydrogen (secondary N) is 1. The van der Waals surface area contributed by atoms with E-state index >= 15 is 0 Å². The van der Waals surface area contributed by atoms with Crippen LogP contribution in [0.25, 0.3) is 11.3 Å². The Balaban J connectivity index is 2.06. The number of carbonyl (C=O) groups is 1. The van der Waals surface area contributed by atoms with Gasteiger partial charge in [-0.25, -0.2) is 4.98 Å². The first-order valence-electron chi connectivity index (χ1n) is 5.87. The minimum absolute atomic E-state index is 0.219. The van der Waals surface area contributed by atoms with Crippen LogP contribution in [0.15, 0.2) is 30.5 Å². The molecule has 0 aliphatic heterocycles. The number of imidazole rings is 1. The maximum Gasteiger partial charge on any atom is 0.305 e. The van der Waals surface area contributed by atoms with Crippen LogP contribution < -0.4 is 0 Å². The van der Waals surface area contributed by atoms with Gasteiger partial charge in [0.25, 0.3) is 0 Å². The highest BCUT2D eigenvalue weighted by molar-refractivity contribution is 5.69. The van der Waals surface area contributed by atoms with Crippen LogP contribution in [0.2, 0.25) is 0 Å². The zero-order valence-corrected chi connectivity index (χ0v) is 10.6. The highest BCUT2D eigenvalue weighted by Crippen LogP contribution is 2.17. The van der Waals surface area contributed by atoms with Crippen molar-refractivity contribution < 1.29 is 9.53 Å². The van der Waals surface area contributed by atoms with Gasteiger partial charge in [0, 0.05) is 6.42 Å². The summed E-state index contributed by atoms with van der Waals surface area (Å²) in [5.41, 5.74) is 3.29. The Morgan fingerprint density at radius 2 is 2.06 bits per heavy atom. The van der Waals surface area contributed by atoms with E-state index in [-0.39, 0.29) is 5.97 Å². The van der Waals surface area contributed by atoms with Crippen LogP contribution in [-0.4, -0.2) is 23.0 Å². The molecule has 0 aliphatic carbocycles. The van der Waals surface area contributed by atoms with Crippen LogP contribution >= 0.6 is 0 Å². The minimum Gasteiger partial charge on any atom is -0.469 e. The first-order chi connectivity index (χ1) is 8.69. The van der Waals surface area contributed by atoms with Crippen molar-refractivity contribution in [1.82, 2.24) is 9.97 Å². The Morgan fingerprint density at radius 3 is 2.72 bits per heavy atom. The molecule has 0 saturated carbocycles. The molecule has 0 saturated heterocycles. The average Bonchev–Trinajstić information content (AvgIpc) is 2.85. The van der Waals surface area contributed by atoms with E-state index in [1.807, 2.05) is 12.1 Å². The van der Waals surface area contributed by atoms with Gasteiger partial charge in [0.2, 0.25) is 0 Å². The smallest absolute Gasteiger partial charge is 0.305 e. The molecular weight excluding hydrogens is 228 g/mol. The van der Waals surface area contributed by atoms with Crippen LogP contribution in [0, 0.1) is 6.92 Å². The number of methoxy groups -OCH3 is 1. The summed E-state index contributed by atoms with van der Waals surface area (Å²) in [4.78, 5) is 18.5. The van der Waals surface area contributed by atoms with E-state index in [4.69, 9.17) is 0 Å². The summed E-state index contributed by atoms with van der Waals surface area (Å²) >= 11 is 0. The second kappa shape index (κ2) is 5.49. The number of esters is 1. The van der Waals surface area contributed by atoms with Gasteiger partial charge >= 0.3 is 5.97 Å². The zero-order chi connectivity index (χ0) is 13.0. The van der Waals surface area contributed by atoms with E-state index in [1.165, 1.54) is 12.7 Å².